The second kappa shape index (κ2) is 10.8. The molecule has 4 fully saturated rings. The summed E-state index contributed by atoms with van der Waals surface area (Å²) < 4.78 is 7.14. The maximum atomic E-state index is 12.6. The highest BCUT2D eigenvalue weighted by atomic mass is 16.5. The fourth-order valence-corrected chi connectivity index (χ4v) is 5.62. The van der Waals surface area contributed by atoms with Crippen LogP contribution in [0.25, 0.3) is 11.7 Å². The Labute approximate surface area is 221 Å². The number of anilines is 2. The van der Waals surface area contributed by atoms with Gasteiger partial charge in [0.1, 0.15) is 17.4 Å². The van der Waals surface area contributed by atoms with Gasteiger partial charge in [0.2, 0.25) is 5.91 Å². The molecule has 2 saturated heterocycles. The van der Waals surface area contributed by atoms with Gasteiger partial charge >= 0.3 is 0 Å². The highest BCUT2D eigenvalue weighted by Gasteiger charge is 2.27. The van der Waals surface area contributed by atoms with Crippen molar-refractivity contribution in [2.75, 3.05) is 43.5 Å². The molecule has 0 spiro atoms. The minimum atomic E-state index is -0.361. The lowest BCUT2D eigenvalue weighted by Gasteiger charge is -2.30. The Morgan fingerprint density at radius 2 is 1.82 bits per heavy atom. The van der Waals surface area contributed by atoms with Gasteiger partial charge in [-0.15, -0.1) is 0 Å². The van der Waals surface area contributed by atoms with Crippen molar-refractivity contribution in [2.24, 2.45) is 5.92 Å². The molecule has 0 atom stereocenters. The number of ketones is 1. The zero-order chi connectivity index (χ0) is 26.1. The number of rotatable bonds is 9. The maximum Gasteiger partial charge on any atom is 0.254 e. The first-order chi connectivity index (χ1) is 18.5. The van der Waals surface area contributed by atoms with E-state index in [1.54, 1.807) is 16.8 Å². The lowest BCUT2D eigenvalue weighted by Crippen LogP contribution is -2.40. The highest BCUT2D eigenvalue weighted by Crippen LogP contribution is 2.31. The fourth-order valence-electron chi connectivity index (χ4n) is 5.62. The molecule has 0 bridgehead atoms. The Morgan fingerprint density at radius 3 is 2.53 bits per heavy atom. The maximum absolute atomic E-state index is 12.6. The van der Waals surface area contributed by atoms with E-state index >= 15 is 0 Å². The summed E-state index contributed by atoms with van der Waals surface area (Å²) in [5.41, 5.74) is 1.76. The van der Waals surface area contributed by atoms with Crippen LogP contribution >= 0.6 is 0 Å². The minimum Gasteiger partial charge on any atom is -0.379 e. The van der Waals surface area contributed by atoms with Crippen molar-refractivity contribution < 1.29 is 19.1 Å². The molecule has 0 aromatic carbocycles. The van der Waals surface area contributed by atoms with E-state index in [-0.39, 0.29) is 24.3 Å². The molecule has 11 nitrogen and oxygen atoms in total. The number of morpholine rings is 1. The number of imide groups is 1. The molecule has 4 aliphatic rings. The average Bonchev–Trinajstić information content (AvgIpc) is 3.54. The van der Waals surface area contributed by atoms with E-state index in [2.05, 4.69) is 25.9 Å². The predicted molar refractivity (Wildman–Crippen MR) is 142 cm³/mol. The first kappa shape index (κ1) is 25.0. The summed E-state index contributed by atoms with van der Waals surface area (Å²) in [7, 11) is 0. The molecule has 3 N–H and O–H groups in total. The van der Waals surface area contributed by atoms with Crippen molar-refractivity contribution >= 4 is 41.0 Å². The Balaban J connectivity index is 1.11. The van der Waals surface area contributed by atoms with Crippen LogP contribution in [0.5, 0.6) is 0 Å². The van der Waals surface area contributed by atoms with Crippen molar-refractivity contribution in [3.63, 3.8) is 0 Å². The molecule has 2 aromatic heterocycles. The number of nitrogens with zero attached hydrogens (tertiary/aromatic N) is 4. The number of fused-ring (bicyclic) bond motifs is 1. The molecule has 38 heavy (non-hydrogen) atoms. The third kappa shape index (κ3) is 5.88. The molecule has 202 valence electrons. The van der Waals surface area contributed by atoms with Crippen molar-refractivity contribution in [3.8, 4) is 0 Å². The molecule has 11 heteroatoms. The SMILES string of the molecule is O=C(CC1CCC(Nc2cc(NC3CC3)n3ncc(/C=C4\CC(=O)NC4=O)c3n2)CC1)CN1CCOCC1. The lowest BCUT2D eigenvalue weighted by molar-refractivity contribution is -0.124. The van der Waals surface area contributed by atoms with Crippen LogP contribution in [0.15, 0.2) is 17.8 Å². The van der Waals surface area contributed by atoms with Gasteiger partial charge in [0.25, 0.3) is 5.91 Å². The molecule has 2 aliphatic carbocycles. The number of carbonyl (C=O) groups is 3. The van der Waals surface area contributed by atoms with E-state index in [0.717, 1.165) is 76.5 Å². The van der Waals surface area contributed by atoms with E-state index in [0.29, 0.717) is 47.5 Å². The van der Waals surface area contributed by atoms with E-state index < -0.39 is 0 Å². The van der Waals surface area contributed by atoms with Crippen LogP contribution in [-0.2, 0) is 19.1 Å². The number of hydrogen-bond acceptors (Lipinski definition) is 9. The second-order valence-electron chi connectivity index (χ2n) is 11.0. The normalized spacial score (nSPS) is 25.6. The van der Waals surface area contributed by atoms with Crippen LogP contribution in [-0.4, -0.2) is 82.0 Å². The van der Waals surface area contributed by atoms with Crippen LogP contribution in [0, 0.1) is 5.92 Å². The van der Waals surface area contributed by atoms with Crippen molar-refractivity contribution in [1.82, 2.24) is 24.8 Å². The minimum absolute atomic E-state index is 0.0689. The summed E-state index contributed by atoms with van der Waals surface area (Å²) in [6.07, 6.45) is 10.4. The zero-order valence-electron chi connectivity index (χ0n) is 21.6. The monoisotopic (exact) mass is 521 g/mol. The summed E-state index contributed by atoms with van der Waals surface area (Å²) in [5.74, 6) is 1.75. The van der Waals surface area contributed by atoms with Crippen LogP contribution in [0.1, 0.15) is 56.9 Å². The molecule has 2 amide bonds. The largest absolute Gasteiger partial charge is 0.379 e. The number of carbonyl (C=O) groups excluding carboxylic acids is 3. The molecule has 2 aliphatic heterocycles. The molecular formula is C27H35N7O4. The van der Waals surface area contributed by atoms with E-state index in [4.69, 9.17) is 9.72 Å². The fraction of sp³-hybridized carbons (Fsp3) is 0.593. The average molecular weight is 522 g/mol. The van der Waals surface area contributed by atoms with Gasteiger partial charge in [-0.25, -0.2) is 4.98 Å². The zero-order valence-corrected chi connectivity index (χ0v) is 21.6. The highest BCUT2D eigenvalue weighted by molar-refractivity contribution is 6.15. The van der Waals surface area contributed by atoms with Gasteiger partial charge < -0.3 is 15.4 Å². The summed E-state index contributed by atoms with van der Waals surface area (Å²) >= 11 is 0. The van der Waals surface area contributed by atoms with E-state index in [1.807, 2.05) is 6.07 Å². The van der Waals surface area contributed by atoms with Crippen molar-refractivity contribution in [1.29, 1.82) is 0 Å². The van der Waals surface area contributed by atoms with Gasteiger partial charge in [-0.3, -0.25) is 24.6 Å². The molecule has 2 saturated carbocycles. The quantitative estimate of drug-likeness (QED) is 0.335. The summed E-state index contributed by atoms with van der Waals surface area (Å²) in [6.45, 7) is 3.67. The molecule has 0 unspecified atom stereocenters. The molecule has 6 rings (SSSR count). The summed E-state index contributed by atoms with van der Waals surface area (Å²) in [6, 6.07) is 2.72. The van der Waals surface area contributed by atoms with Gasteiger partial charge in [-0.2, -0.15) is 9.61 Å². The van der Waals surface area contributed by atoms with Crippen molar-refractivity contribution in [3.05, 3.63) is 23.4 Å². The predicted octanol–water partition coefficient (Wildman–Crippen LogP) is 2.00. The number of hydrogen-bond donors (Lipinski definition) is 3. The second-order valence-corrected chi connectivity index (χ2v) is 11.0. The Morgan fingerprint density at radius 1 is 1.08 bits per heavy atom. The Bertz CT molecular complexity index is 1250. The van der Waals surface area contributed by atoms with Gasteiger partial charge in [-0.05, 0) is 50.5 Å². The number of nitrogens with one attached hydrogen (secondary N) is 3. The Hall–Kier alpha value is -3.31. The van der Waals surface area contributed by atoms with E-state index in [9.17, 15) is 14.4 Å². The molecule has 0 radical (unpaired) electrons. The number of Topliss-reactive ketones (excluding diaryl/α,β-unsaturated/α-hetero) is 1. The Kier molecular flexibility index (Phi) is 7.12. The lowest BCUT2D eigenvalue weighted by atomic mass is 9.83. The number of ether oxygens (including phenoxy) is 1. The molecular weight excluding hydrogens is 486 g/mol. The topological polar surface area (TPSA) is 130 Å². The van der Waals surface area contributed by atoms with Gasteiger partial charge in [0.05, 0.1) is 32.4 Å². The van der Waals surface area contributed by atoms with E-state index in [1.165, 1.54) is 0 Å². The summed E-state index contributed by atoms with van der Waals surface area (Å²) in [5, 5.41) is 14.0. The number of amides is 2. The first-order valence-corrected chi connectivity index (χ1v) is 13.8. The van der Waals surface area contributed by atoms with Gasteiger partial charge in [0, 0.05) is 48.8 Å². The standard InChI is InChI=1S/C27H35N7O4/c35-22(16-33-7-9-38-10-8-33)11-17-1-3-20(4-2-17)29-23-14-24(30-21-5-6-21)34-26(31-23)19(15-28-34)12-18-13-25(36)32-27(18)37/h12,14-15,17,20-21,30H,1-11,13,16H2,(H,29,31)(H,32,36,37)/b18-12+. The smallest absolute Gasteiger partial charge is 0.254 e. The van der Waals surface area contributed by atoms with Crippen LogP contribution < -0.4 is 16.0 Å². The molecule has 4 heterocycles. The summed E-state index contributed by atoms with van der Waals surface area (Å²) in [4.78, 5) is 43.4. The third-order valence-corrected chi connectivity index (χ3v) is 7.87. The molecule has 2 aromatic rings. The van der Waals surface area contributed by atoms with Crippen LogP contribution in [0.3, 0.4) is 0 Å². The van der Waals surface area contributed by atoms with Crippen LogP contribution in [0.4, 0.5) is 11.6 Å². The first-order valence-electron chi connectivity index (χ1n) is 13.8. The van der Waals surface area contributed by atoms with Gasteiger partial charge in [-0.1, -0.05) is 0 Å². The van der Waals surface area contributed by atoms with Crippen LogP contribution in [0.2, 0.25) is 0 Å². The van der Waals surface area contributed by atoms with Crippen molar-refractivity contribution in [2.45, 2.75) is 63.5 Å². The van der Waals surface area contributed by atoms with Gasteiger partial charge in [0.15, 0.2) is 5.65 Å². The third-order valence-electron chi connectivity index (χ3n) is 7.87. The number of aromatic nitrogens is 3.